The summed E-state index contributed by atoms with van der Waals surface area (Å²) in [4.78, 5) is 26.0. The van der Waals surface area contributed by atoms with Gasteiger partial charge in [0.15, 0.2) is 0 Å². The number of nitrogens with zero attached hydrogens (tertiary/aromatic N) is 1. The summed E-state index contributed by atoms with van der Waals surface area (Å²) < 4.78 is 0. The maximum Gasteiger partial charge on any atom is 0.225 e. The van der Waals surface area contributed by atoms with Gasteiger partial charge in [0, 0.05) is 19.0 Å². The maximum absolute atomic E-state index is 12.3. The molecule has 2 aliphatic carbocycles. The van der Waals surface area contributed by atoms with Gasteiger partial charge in [-0.3, -0.25) is 9.59 Å². The third kappa shape index (κ3) is 2.48. The number of amides is 2. The fraction of sp³-hybridized carbons (Fsp3) is 0.857. The number of rotatable bonds is 4. The van der Waals surface area contributed by atoms with Crippen molar-refractivity contribution in [3.05, 3.63) is 0 Å². The first-order chi connectivity index (χ1) is 9.13. The van der Waals surface area contributed by atoms with Crippen LogP contribution in [0.5, 0.6) is 0 Å². The van der Waals surface area contributed by atoms with Gasteiger partial charge in [0.25, 0.3) is 0 Å². The first-order valence-electron chi connectivity index (χ1n) is 7.36. The Hall–Kier alpha value is -1.10. The highest BCUT2D eigenvalue weighted by Crippen LogP contribution is 2.34. The van der Waals surface area contributed by atoms with E-state index in [1.165, 1.54) is 0 Å². The van der Waals surface area contributed by atoms with Crippen molar-refractivity contribution in [2.45, 2.75) is 56.5 Å². The number of nitrogens with one attached hydrogen (secondary N) is 1. The topological polar surface area (TPSA) is 69.6 Å². The molecule has 106 valence electrons. The minimum absolute atomic E-state index is 0.00570. The lowest BCUT2D eigenvalue weighted by Crippen LogP contribution is -2.51. The van der Waals surface area contributed by atoms with E-state index in [9.17, 15) is 14.7 Å². The Morgan fingerprint density at radius 1 is 1.37 bits per heavy atom. The molecule has 3 rings (SSSR count). The molecule has 1 aliphatic heterocycles. The van der Waals surface area contributed by atoms with Gasteiger partial charge >= 0.3 is 0 Å². The molecule has 0 aromatic heterocycles. The van der Waals surface area contributed by atoms with Crippen molar-refractivity contribution in [3.63, 3.8) is 0 Å². The predicted octanol–water partition coefficient (Wildman–Crippen LogP) is 0.419. The third-order valence-corrected chi connectivity index (χ3v) is 4.77. The number of carbonyl (C=O) groups excluding carboxylic acids is 2. The quantitative estimate of drug-likeness (QED) is 0.774. The van der Waals surface area contributed by atoms with Gasteiger partial charge in [0.1, 0.15) is 0 Å². The molecular formula is C14H22N2O3. The Morgan fingerprint density at radius 3 is 2.63 bits per heavy atom. The molecule has 5 nitrogen and oxygen atoms in total. The monoisotopic (exact) mass is 266 g/mol. The molecular weight excluding hydrogens is 244 g/mol. The van der Waals surface area contributed by atoms with Crippen LogP contribution < -0.4 is 5.32 Å². The molecule has 0 radical (unpaired) electrons. The van der Waals surface area contributed by atoms with Crippen LogP contribution in [-0.4, -0.2) is 46.6 Å². The van der Waals surface area contributed by atoms with E-state index in [1.54, 1.807) is 0 Å². The van der Waals surface area contributed by atoms with Gasteiger partial charge in [-0.15, -0.1) is 0 Å². The van der Waals surface area contributed by atoms with Crippen molar-refractivity contribution in [1.29, 1.82) is 0 Å². The summed E-state index contributed by atoms with van der Waals surface area (Å²) >= 11 is 0. The molecule has 2 amide bonds. The predicted molar refractivity (Wildman–Crippen MR) is 69.3 cm³/mol. The van der Waals surface area contributed by atoms with Crippen molar-refractivity contribution in [3.8, 4) is 0 Å². The van der Waals surface area contributed by atoms with E-state index < -0.39 is 5.54 Å². The Bertz CT molecular complexity index is 386. The molecule has 1 atom stereocenters. The van der Waals surface area contributed by atoms with Gasteiger partial charge in [-0.2, -0.15) is 0 Å². The minimum atomic E-state index is -0.423. The van der Waals surface area contributed by atoms with Gasteiger partial charge in [-0.25, -0.2) is 0 Å². The Kier molecular flexibility index (Phi) is 3.25. The van der Waals surface area contributed by atoms with Crippen LogP contribution in [0.2, 0.25) is 0 Å². The first kappa shape index (κ1) is 12.9. The Morgan fingerprint density at radius 2 is 2.05 bits per heavy atom. The van der Waals surface area contributed by atoms with E-state index in [2.05, 4.69) is 5.32 Å². The maximum atomic E-state index is 12.3. The highest BCUT2D eigenvalue weighted by molar-refractivity contribution is 5.89. The fourth-order valence-corrected chi connectivity index (χ4v) is 3.38. The zero-order chi connectivity index (χ0) is 13.5. The second kappa shape index (κ2) is 4.78. The zero-order valence-corrected chi connectivity index (χ0v) is 11.2. The molecule has 1 heterocycles. The van der Waals surface area contributed by atoms with Crippen molar-refractivity contribution >= 4 is 11.8 Å². The zero-order valence-electron chi connectivity index (χ0n) is 11.2. The SMILES string of the molecule is O=C(NC1(CO)CCCC1)C1CC(=O)N(C2CC2)C1. The van der Waals surface area contributed by atoms with E-state index in [0.717, 1.165) is 38.5 Å². The molecule has 0 spiro atoms. The van der Waals surface area contributed by atoms with Crippen LogP contribution in [0.25, 0.3) is 0 Å². The number of carbonyl (C=O) groups is 2. The van der Waals surface area contributed by atoms with Gasteiger partial charge in [0.2, 0.25) is 11.8 Å². The van der Waals surface area contributed by atoms with Crippen LogP contribution in [0.15, 0.2) is 0 Å². The largest absolute Gasteiger partial charge is 0.394 e. The van der Waals surface area contributed by atoms with Crippen LogP contribution in [-0.2, 0) is 9.59 Å². The van der Waals surface area contributed by atoms with Gasteiger partial charge in [-0.05, 0) is 25.7 Å². The van der Waals surface area contributed by atoms with E-state index in [4.69, 9.17) is 0 Å². The van der Waals surface area contributed by atoms with Crippen molar-refractivity contribution < 1.29 is 14.7 Å². The Balaban J connectivity index is 1.60. The van der Waals surface area contributed by atoms with Crippen LogP contribution in [0, 0.1) is 5.92 Å². The summed E-state index contributed by atoms with van der Waals surface area (Å²) in [7, 11) is 0. The van der Waals surface area contributed by atoms with Crippen LogP contribution in [0.3, 0.4) is 0 Å². The van der Waals surface area contributed by atoms with Crippen molar-refractivity contribution in [1.82, 2.24) is 10.2 Å². The molecule has 5 heteroatoms. The van der Waals surface area contributed by atoms with E-state index in [0.29, 0.717) is 19.0 Å². The minimum Gasteiger partial charge on any atom is -0.394 e. The van der Waals surface area contributed by atoms with Crippen LogP contribution in [0.1, 0.15) is 44.9 Å². The number of hydrogen-bond acceptors (Lipinski definition) is 3. The third-order valence-electron chi connectivity index (χ3n) is 4.77. The molecule has 19 heavy (non-hydrogen) atoms. The average Bonchev–Trinajstić information content (AvgIpc) is 3.01. The first-order valence-corrected chi connectivity index (χ1v) is 7.36. The summed E-state index contributed by atoms with van der Waals surface area (Å²) in [6.45, 7) is 0.572. The number of hydrogen-bond donors (Lipinski definition) is 2. The lowest BCUT2D eigenvalue weighted by molar-refractivity contribution is -0.130. The van der Waals surface area contributed by atoms with Gasteiger partial charge in [-0.1, -0.05) is 12.8 Å². The molecule has 1 saturated heterocycles. The second-order valence-electron chi connectivity index (χ2n) is 6.31. The standard InChI is InChI=1S/C14H22N2O3/c17-9-14(5-1-2-6-14)15-13(19)10-7-12(18)16(8-10)11-3-4-11/h10-11,17H,1-9H2,(H,15,19). The molecule has 3 fully saturated rings. The number of aliphatic hydroxyl groups is 1. The highest BCUT2D eigenvalue weighted by Gasteiger charge is 2.43. The molecule has 2 N–H and O–H groups in total. The summed E-state index contributed by atoms with van der Waals surface area (Å²) in [5.74, 6) is -0.156. The van der Waals surface area contributed by atoms with E-state index >= 15 is 0 Å². The molecule has 2 saturated carbocycles. The fourth-order valence-electron chi connectivity index (χ4n) is 3.38. The number of aliphatic hydroxyl groups excluding tert-OH is 1. The molecule has 0 aromatic carbocycles. The van der Waals surface area contributed by atoms with Crippen molar-refractivity contribution in [2.75, 3.05) is 13.2 Å². The van der Waals surface area contributed by atoms with E-state index in [-0.39, 0.29) is 24.3 Å². The van der Waals surface area contributed by atoms with Gasteiger partial charge in [0.05, 0.1) is 18.1 Å². The molecule has 0 aromatic rings. The molecule has 1 unspecified atom stereocenters. The lowest BCUT2D eigenvalue weighted by Gasteiger charge is -2.29. The van der Waals surface area contributed by atoms with Crippen molar-refractivity contribution in [2.24, 2.45) is 5.92 Å². The summed E-state index contributed by atoms with van der Waals surface area (Å²) in [5.41, 5.74) is -0.423. The van der Waals surface area contributed by atoms with Crippen LogP contribution in [0.4, 0.5) is 0 Å². The van der Waals surface area contributed by atoms with E-state index in [1.807, 2.05) is 4.90 Å². The average molecular weight is 266 g/mol. The molecule has 3 aliphatic rings. The second-order valence-corrected chi connectivity index (χ2v) is 6.31. The number of likely N-dealkylation sites (tertiary alicyclic amines) is 1. The van der Waals surface area contributed by atoms with Crippen LogP contribution >= 0.6 is 0 Å². The smallest absolute Gasteiger partial charge is 0.225 e. The Labute approximate surface area is 113 Å². The normalized spacial score (nSPS) is 29.8. The summed E-state index contributed by atoms with van der Waals surface area (Å²) in [6.07, 6.45) is 6.31. The summed E-state index contributed by atoms with van der Waals surface area (Å²) in [5, 5.41) is 12.5. The lowest BCUT2D eigenvalue weighted by atomic mass is 9.97. The summed E-state index contributed by atoms with van der Waals surface area (Å²) in [6, 6.07) is 0.392. The molecule has 0 bridgehead atoms. The van der Waals surface area contributed by atoms with Gasteiger partial charge < -0.3 is 15.3 Å². The highest BCUT2D eigenvalue weighted by atomic mass is 16.3.